The van der Waals surface area contributed by atoms with Crippen molar-refractivity contribution in [2.45, 2.75) is 132 Å². The molecule has 2 unspecified atom stereocenters. The standard InChI is InChI=1S/C18H28N2O4.C12H15NO3.C12H13NO3.C6H15NO2/c1-5-6-18(23)20-14-7-8-17(16(9-14)13(4)21)24-11-15(22)10-19-12(2)3;2*1-3-4-12(16)13-9-5-6-11(15)10(7-9)8(2)14;1-5(2)7-3-6(9)4-8/h7-9,12,15,19,22H,5-6,10-11H2,1-4H3,(H,20,23);5-7,15H,3-4H2,1-2H3,(H,13,16);5-7H,3-4H2,1-2H3;5-9H,3-4H2,1-2H3. The largest absolute Gasteiger partial charge is 0.507 e. The van der Waals surface area contributed by atoms with E-state index in [9.17, 15) is 43.8 Å². The third kappa shape index (κ3) is 26.6. The van der Waals surface area contributed by atoms with Crippen molar-refractivity contribution in [1.82, 2.24) is 10.6 Å². The summed E-state index contributed by atoms with van der Waals surface area (Å²) in [6.07, 6.45) is 6.27. The number of aliphatic hydroxyl groups excluding tert-OH is 3. The van der Waals surface area contributed by atoms with Gasteiger partial charge in [-0.3, -0.25) is 33.6 Å². The van der Waals surface area contributed by atoms with Crippen molar-refractivity contribution in [2.24, 2.45) is 4.99 Å². The van der Waals surface area contributed by atoms with Crippen LogP contribution in [0.25, 0.3) is 0 Å². The number of Topliss-reactive ketones (excluding diaryl/α,β-unsaturated/α-hetero) is 3. The number of nitrogens with one attached hydrogen (secondary N) is 4. The number of allylic oxidation sites excluding steroid dienone is 4. The number of nitrogens with zero attached hydrogens (tertiary/aromatic N) is 1. The van der Waals surface area contributed by atoms with E-state index >= 15 is 0 Å². The Balaban J connectivity index is 0.000000884. The molecule has 1 aliphatic rings. The highest BCUT2D eigenvalue weighted by atomic mass is 16.5. The minimum absolute atomic E-state index is 0.0685. The molecule has 8 N–H and O–H groups in total. The summed E-state index contributed by atoms with van der Waals surface area (Å²) in [7, 11) is 0. The SMILES string of the molecule is CC(C)NCC(O)CO.CCCC(=O)N=C1C=CC(=O)C(C(C)=O)=C1.CCCC(=O)Nc1ccc(O)c(C(C)=O)c1.CCCC(=O)Nc1ccc(OCC(O)CNC(C)C)c(C(C)=O)c1. The van der Waals surface area contributed by atoms with E-state index in [0.717, 1.165) is 19.3 Å². The molecule has 3 rings (SSSR count). The number of hydrogen-bond acceptors (Lipinski definition) is 14. The van der Waals surface area contributed by atoms with E-state index in [1.54, 1.807) is 24.3 Å². The maximum atomic E-state index is 11.8. The van der Waals surface area contributed by atoms with Gasteiger partial charge in [-0.15, -0.1) is 0 Å². The van der Waals surface area contributed by atoms with E-state index in [4.69, 9.17) is 14.9 Å². The summed E-state index contributed by atoms with van der Waals surface area (Å²) >= 11 is 0. The second-order valence-corrected chi connectivity index (χ2v) is 15.6. The molecule has 2 aromatic rings. The minimum atomic E-state index is -0.670. The van der Waals surface area contributed by atoms with E-state index in [1.165, 1.54) is 51.1 Å². The van der Waals surface area contributed by atoms with Crippen molar-refractivity contribution in [1.29, 1.82) is 0 Å². The average Bonchev–Trinajstić information content (AvgIpc) is 3.23. The van der Waals surface area contributed by atoms with Crippen LogP contribution < -0.4 is 26.0 Å². The van der Waals surface area contributed by atoms with Crippen LogP contribution in [-0.4, -0.2) is 118 Å². The summed E-state index contributed by atoms with van der Waals surface area (Å²) in [6.45, 7) is 18.6. The summed E-state index contributed by atoms with van der Waals surface area (Å²) in [4.78, 5) is 83.4. The van der Waals surface area contributed by atoms with Gasteiger partial charge in [0, 0.05) is 55.8 Å². The Kier molecular flexibility index (Phi) is 30.0. The minimum Gasteiger partial charge on any atom is -0.507 e. The zero-order chi connectivity index (χ0) is 49.6. The van der Waals surface area contributed by atoms with E-state index < -0.39 is 12.2 Å². The van der Waals surface area contributed by atoms with Crippen LogP contribution in [0, 0.1) is 0 Å². The number of aromatic hydroxyl groups is 1. The Bertz CT molecular complexity index is 1970. The van der Waals surface area contributed by atoms with Crippen LogP contribution in [-0.2, 0) is 24.0 Å². The molecule has 0 bridgehead atoms. The number of benzene rings is 2. The molecule has 0 saturated heterocycles. The predicted octanol–water partition coefficient (Wildman–Crippen LogP) is 5.44. The number of amides is 3. The van der Waals surface area contributed by atoms with Gasteiger partial charge in [0.25, 0.3) is 0 Å². The van der Waals surface area contributed by atoms with Crippen LogP contribution in [0.1, 0.15) is 128 Å². The predicted molar refractivity (Wildman–Crippen MR) is 253 cm³/mol. The first-order valence-electron chi connectivity index (χ1n) is 21.8. The van der Waals surface area contributed by atoms with E-state index in [0.29, 0.717) is 66.8 Å². The first kappa shape index (κ1) is 59.3. The van der Waals surface area contributed by atoms with Crippen LogP contribution in [0.3, 0.4) is 0 Å². The second-order valence-electron chi connectivity index (χ2n) is 15.6. The Labute approximate surface area is 383 Å². The highest BCUT2D eigenvalue weighted by Crippen LogP contribution is 2.24. The molecule has 1 aliphatic carbocycles. The van der Waals surface area contributed by atoms with Crippen LogP contribution in [0.4, 0.5) is 11.4 Å². The summed E-state index contributed by atoms with van der Waals surface area (Å²) in [5.41, 5.74) is 2.13. The molecule has 17 nitrogen and oxygen atoms in total. The molecular weight excluding hydrogens is 839 g/mol. The van der Waals surface area contributed by atoms with Crippen molar-refractivity contribution in [3.05, 3.63) is 71.3 Å². The molecule has 0 spiro atoms. The number of carbonyl (C=O) groups excluding carboxylic acids is 7. The van der Waals surface area contributed by atoms with Crippen molar-refractivity contribution < 1.29 is 58.7 Å². The summed E-state index contributed by atoms with van der Waals surface area (Å²) in [6, 6.07) is 10.0. The number of phenols is 1. The average molecular weight is 910 g/mol. The number of hydrogen-bond donors (Lipinski definition) is 8. The van der Waals surface area contributed by atoms with Crippen LogP contribution in [0.2, 0.25) is 0 Å². The molecule has 17 heteroatoms. The molecule has 2 aromatic carbocycles. The molecule has 0 saturated carbocycles. The molecule has 360 valence electrons. The van der Waals surface area contributed by atoms with Crippen molar-refractivity contribution in [3.8, 4) is 11.5 Å². The summed E-state index contributed by atoms with van der Waals surface area (Å²) in [5.74, 6) is -1.13. The Morgan fingerprint density at radius 2 is 1.17 bits per heavy atom. The highest BCUT2D eigenvalue weighted by molar-refractivity contribution is 6.31. The van der Waals surface area contributed by atoms with Crippen LogP contribution >= 0.6 is 0 Å². The lowest BCUT2D eigenvalue weighted by Crippen LogP contribution is -2.35. The molecule has 65 heavy (non-hydrogen) atoms. The lowest BCUT2D eigenvalue weighted by molar-refractivity contribution is -0.119. The Morgan fingerprint density at radius 1 is 0.677 bits per heavy atom. The normalized spacial score (nSPS) is 13.2. The van der Waals surface area contributed by atoms with Gasteiger partial charge >= 0.3 is 0 Å². The third-order valence-corrected chi connectivity index (χ3v) is 8.48. The Morgan fingerprint density at radius 3 is 1.63 bits per heavy atom. The lowest BCUT2D eigenvalue weighted by atomic mass is 10.0. The number of ketones is 4. The maximum Gasteiger partial charge on any atom is 0.246 e. The fourth-order valence-electron chi connectivity index (χ4n) is 5.13. The molecule has 2 atom stereocenters. The van der Waals surface area contributed by atoms with Crippen LogP contribution in [0.15, 0.2) is 65.2 Å². The number of aliphatic hydroxyl groups is 3. The molecule has 0 aliphatic heterocycles. The molecule has 0 heterocycles. The van der Waals surface area contributed by atoms with E-state index in [-0.39, 0.29) is 77.0 Å². The second kappa shape index (κ2) is 32.9. The number of anilines is 2. The van der Waals surface area contributed by atoms with Gasteiger partial charge in [-0.25, -0.2) is 4.99 Å². The van der Waals surface area contributed by atoms with Crippen LogP contribution in [0.5, 0.6) is 11.5 Å². The lowest BCUT2D eigenvalue weighted by Gasteiger charge is -2.17. The van der Waals surface area contributed by atoms with Gasteiger partial charge in [-0.2, -0.15) is 0 Å². The molecule has 0 radical (unpaired) electrons. The third-order valence-electron chi connectivity index (χ3n) is 8.48. The van der Waals surface area contributed by atoms with Gasteiger partial charge in [0.15, 0.2) is 23.1 Å². The van der Waals surface area contributed by atoms with Gasteiger partial charge in [0.2, 0.25) is 17.7 Å². The maximum absolute atomic E-state index is 11.8. The van der Waals surface area contributed by atoms with Crippen molar-refractivity contribution in [3.63, 3.8) is 0 Å². The van der Waals surface area contributed by atoms with Gasteiger partial charge in [0.1, 0.15) is 24.2 Å². The van der Waals surface area contributed by atoms with Gasteiger partial charge < -0.3 is 46.4 Å². The van der Waals surface area contributed by atoms with E-state index in [1.807, 2.05) is 48.5 Å². The zero-order valence-electron chi connectivity index (χ0n) is 39.6. The molecule has 3 amide bonds. The molecule has 0 fully saturated rings. The highest BCUT2D eigenvalue weighted by Gasteiger charge is 2.17. The van der Waals surface area contributed by atoms with Gasteiger partial charge in [0.05, 0.1) is 35.1 Å². The Hall–Kier alpha value is -5.72. The smallest absolute Gasteiger partial charge is 0.246 e. The fraction of sp³-hybridized carbons (Fsp3) is 0.500. The molecule has 0 aromatic heterocycles. The number of rotatable bonds is 21. The van der Waals surface area contributed by atoms with Gasteiger partial charge in [-0.1, -0.05) is 48.5 Å². The number of phenolic OH excluding ortho intramolecular Hbond substituents is 1. The van der Waals surface area contributed by atoms with Crippen molar-refractivity contribution in [2.75, 3.05) is 36.9 Å². The van der Waals surface area contributed by atoms with E-state index in [2.05, 4.69) is 26.3 Å². The summed E-state index contributed by atoms with van der Waals surface area (Å²) in [5, 5.41) is 48.0. The topological polar surface area (TPSA) is 270 Å². The fourth-order valence-corrected chi connectivity index (χ4v) is 5.13. The number of carbonyl (C=O) groups is 7. The molecular formula is C48H71N5O12. The summed E-state index contributed by atoms with van der Waals surface area (Å²) < 4.78 is 5.58. The number of aliphatic imine (C=N–C) groups is 1. The first-order chi connectivity index (χ1) is 30.6. The first-order valence-corrected chi connectivity index (χ1v) is 21.8. The van der Waals surface area contributed by atoms with Crippen molar-refractivity contribution >= 4 is 57.9 Å². The zero-order valence-corrected chi connectivity index (χ0v) is 39.6. The quantitative estimate of drug-likeness (QED) is 0.0335. The van der Waals surface area contributed by atoms with Gasteiger partial charge in [-0.05, 0) is 94.7 Å². The number of ether oxygens (including phenoxy) is 1. The monoisotopic (exact) mass is 910 g/mol.